The normalized spacial score (nSPS) is 26.3. The minimum atomic E-state index is 0.230. The van der Waals surface area contributed by atoms with Crippen LogP contribution in [0.4, 0.5) is 0 Å². The first kappa shape index (κ1) is 6.59. The van der Waals surface area contributed by atoms with Crippen LogP contribution in [0.1, 0.15) is 32.6 Å². The molecule has 2 heteroatoms. The van der Waals surface area contributed by atoms with Crippen LogP contribution in [0.5, 0.6) is 0 Å². The van der Waals surface area contributed by atoms with Gasteiger partial charge in [-0.3, -0.25) is 4.79 Å². The zero-order valence-electron chi connectivity index (χ0n) is 5.81. The largest absolute Gasteiger partial charge is 0.353 e. The minimum absolute atomic E-state index is 0.230. The van der Waals surface area contributed by atoms with Crippen molar-refractivity contribution in [1.82, 2.24) is 5.32 Å². The van der Waals surface area contributed by atoms with E-state index in [2.05, 4.69) is 12.2 Å². The van der Waals surface area contributed by atoms with Crippen LogP contribution in [-0.4, -0.2) is 11.9 Å². The van der Waals surface area contributed by atoms with Crippen LogP contribution in [0.2, 0.25) is 0 Å². The fraction of sp³-hybridized carbons (Fsp3) is 0.857. The molecule has 1 atom stereocenters. The molecule has 0 aromatic rings. The van der Waals surface area contributed by atoms with Crippen molar-refractivity contribution >= 4 is 5.91 Å². The van der Waals surface area contributed by atoms with Gasteiger partial charge in [-0.1, -0.05) is 13.3 Å². The van der Waals surface area contributed by atoms with Gasteiger partial charge in [0, 0.05) is 12.5 Å². The van der Waals surface area contributed by atoms with Gasteiger partial charge in [-0.2, -0.15) is 0 Å². The maximum Gasteiger partial charge on any atom is 0.220 e. The van der Waals surface area contributed by atoms with E-state index in [0.29, 0.717) is 6.04 Å². The van der Waals surface area contributed by atoms with Gasteiger partial charge < -0.3 is 5.32 Å². The second-order valence-electron chi connectivity index (χ2n) is 2.59. The number of hydrogen-bond acceptors (Lipinski definition) is 1. The lowest BCUT2D eigenvalue weighted by atomic mass is 10.1. The second-order valence-corrected chi connectivity index (χ2v) is 2.59. The molecule has 1 rings (SSSR count). The quantitative estimate of drug-likeness (QED) is 0.590. The van der Waals surface area contributed by atoms with Crippen LogP contribution in [0.15, 0.2) is 0 Å². The molecule has 0 spiro atoms. The van der Waals surface area contributed by atoms with Gasteiger partial charge in [0.2, 0.25) is 5.91 Å². The summed E-state index contributed by atoms with van der Waals surface area (Å²) in [5.41, 5.74) is 0. The van der Waals surface area contributed by atoms with Crippen LogP contribution in [0, 0.1) is 0 Å². The Morgan fingerprint density at radius 1 is 1.78 bits per heavy atom. The Morgan fingerprint density at radius 3 is 3.00 bits per heavy atom. The maximum absolute atomic E-state index is 10.6. The zero-order valence-corrected chi connectivity index (χ0v) is 5.81. The van der Waals surface area contributed by atoms with E-state index in [1.165, 1.54) is 6.42 Å². The molecule has 1 saturated heterocycles. The molecule has 0 aliphatic carbocycles. The van der Waals surface area contributed by atoms with Gasteiger partial charge in [-0.15, -0.1) is 0 Å². The number of nitrogens with one attached hydrogen (secondary N) is 1. The van der Waals surface area contributed by atoms with Crippen molar-refractivity contribution in [1.29, 1.82) is 0 Å². The highest BCUT2D eigenvalue weighted by atomic mass is 16.1. The summed E-state index contributed by atoms with van der Waals surface area (Å²) in [6, 6.07) is 0.488. The predicted octanol–water partition coefficient (Wildman–Crippen LogP) is 1.07. The maximum atomic E-state index is 10.6. The van der Waals surface area contributed by atoms with Crippen LogP contribution >= 0.6 is 0 Å². The SMILES string of the molecule is CCC[C@@H]1CCC(=O)N1. The van der Waals surface area contributed by atoms with Crippen LogP contribution in [0.25, 0.3) is 0 Å². The van der Waals surface area contributed by atoms with E-state index in [9.17, 15) is 4.79 Å². The van der Waals surface area contributed by atoms with Crippen LogP contribution in [-0.2, 0) is 4.79 Å². The first-order valence-corrected chi connectivity index (χ1v) is 3.62. The third-order valence-corrected chi connectivity index (χ3v) is 1.72. The lowest BCUT2D eigenvalue weighted by molar-refractivity contribution is -0.119. The Morgan fingerprint density at radius 2 is 2.56 bits per heavy atom. The van der Waals surface area contributed by atoms with E-state index >= 15 is 0 Å². The fourth-order valence-corrected chi connectivity index (χ4v) is 1.24. The van der Waals surface area contributed by atoms with Gasteiger partial charge in [0.15, 0.2) is 0 Å². The van der Waals surface area contributed by atoms with Crippen molar-refractivity contribution in [2.45, 2.75) is 38.6 Å². The van der Waals surface area contributed by atoms with Gasteiger partial charge in [-0.25, -0.2) is 0 Å². The highest BCUT2D eigenvalue weighted by Crippen LogP contribution is 2.10. The first-order valence-electron chi connectivity index (χ1n) is 3.62. The molecule has 9 heavy (non-hydrogen) atoms. The number of carbonyl (C=O) groups excluding carboxylic acids is 1. The molecule has 52 valence electrons. The molecule has 1 fully saturated rings. The molecule has 0 bridgehead atoms. The van der Waals surface area contributed by atoms with Gasteiger partial charge >= 0.3 is 0 Å². The lowest BCUT2D eigenvalue weighted by Gasteiger charge is -2.05. The van der Waals surface area contributed by atoms with E-state index in [-0.39, 0.29) is 5.91 Å². The first-order chi connectivity index (χ1) is 4.33. The van der Waals surface area contributed by atoms with Crippen LogP contribution in [0.3, 0.4) is 0 Å². The van der Waals surface area contributed by atoms with Crippen LogP contribution < -0.4 is 5.32 Å². The van der Waals surface area contributed by atoms with Gasteiger partial charge in [0.05, 0.1) is 0 Å². The molecule has 1 amide bonds. The summed E-state index contributed by atoms with van der Waals surface area (Å²) in [5, 5.41) is 2.92. The number of carbonyl (C=O) groups is 1. The molecule has 1 N–H and O–H groups in total. The Hall–Kier alpha value is -0.530. The molecular weight excluding hydrogens is 114 g/mol. The van der Waals surface area contributed by atoms with Gasteiger partial charge in [-0.05, 0) is 12.8 Å². The topological polar surface area (TPSA) is 29.1 Å². The van der Waals surface area contributed by atoms with Gasteiger partial charge in [0.25, 0.3) is 0 Å². The Kier molecular flexibility index (Phi) is 2.09. The van der Waals surface area contributed by atoms with Crippen molar-refractivity contribution in [2.75, 3.05) is 0 Å². The summed E-state index contributed by atoms with van der Waals surface area (Å²) in [6.07, 6.45) is 4.11. The zero-order chi connectivity index (χ0) is 6.69. The summed E-state index contributed by atoms with van der Waals surface area (Å²) < 4.78 is 0. The van der Waals surface area contributed by atoms with Crippen molar-refractivity contribution < 1.29 is 4.79 Å². The number of rotatable bonds is 2. The predicted molar refractivity (Wildman–Crippen MR) is 36.1 cm³/mol. The standard InChI is InChI=1S/C7H13NO/c1-2-3-6-4-5-7(9)8-6/h6H,2-5H2,1H3,(H,8,9)/t6-/m1/s1. The molecule has 1 aliphatic rings. The van der Waals surface area contributed by atoms with Gasteiger partial charge in [0.1, 0.15) is 0 Å². The molecule has 1 heterocycles. The molecule has 1 aliphatic heterocycles. The molecule has 0 saturated carbocycles. The van der Waals surface area contributed by atoms with E-state index in [0.717, 1.165) is 19.3 Å². The molecule has 2 nitrogen and oxygen atoms in total. The van der Waals surface area contributed by atoms with E-state index in [1.807, 2.05) is 0 Å². The fourth-order valence-electron chi connectivity index (χ4n) is 1.24. The summed E-state index contributed by atoms with van der Waals surface area (Å²) in [6.45, 7) is 2.14. The van der Waals surface area contributed by atoms with Crippen molar-refractivity contribution in [3.63, 3.8) is 0 Å². The summed E-state index contributed by atoms with van der Waals surface area (Å²) in [4.78, 5) is 10.6. The van der Waals surface area contributed by atoms with Crippen molar-refractivity contribution in [3.05, 3.63) is 0 Å². The third kappa shape index (κ3) is 1.70. The summed E-state index contributed by atoms with van der Waals surface area (Å²) >= 11 is 0. The Balaban J connectivity index is 2.22. The minimum Gasteiger partial charge on any atom is -0.353 e. The van der Waals surface area contributed by atoms with E-state index < -0.39 is 0 Å². The number of amides is 1. The second kappa shape index (κ2) is 2.85. The molecular formula is C7H13NO. The lowest BCUT2D eigenvalue weighted by Crippen LogP contribution is -2.24. The van der Waals surface area contributed by atoms with Crippen molar-refractivity contribution in [3.8, 4) is 0 Å². The monoisotopic (exact) mass is 127 g/mol. The van der Waals surface area contributed by atoms with E-state index in [1.54, 1.807) is 0 Å². The third-order valence-electron chi connectivity index (χ3n) is 1.72. The smallest absolute Gasteiger partial charge is 0.220 e. The van der Waals surface area contributed by atoms with E-state index in [4.69, 9.17) is 0 Å². The highest BCUT2D eigenvalue weighted by Gasteiger charge is 2.18. The Labute approximate surface area is 55.6 Å². The highest BCUT2D eigenvalue weighted by molar-refractivity contribution is 5.78. The van der Waals surface area contributed by atoms with Crippen molar-refractivity contribution in [2.24, 2.45) is 0 Å². The average molecular weight is 127 g/mol. The Bertz CT molecular complexity index is 111. The molecule has 0 aromatic heterocycles. The summed E-state index contributed by atoms with van der Waals surface area (Å²) in [5.74, 6) is 0.230. The molecule has 0 unspecified atom stereocenters. The summed E-state index contributed by atoms with van der Waals surface area (Å²) in [7, 11) is 0. The number of hydrogen-bond donors (Lipinski definition) is 1. The molecule has 0 aromatic carbocycles. The average Bonchev–Trinajstić information content (AvgIpc) is 2.17. The molecule has 0 radical (unpaired) electrons.